The lowest BCUT2D eigenvalue weighted by Gasteiger charge is -2.03. The van der Waals surface area contributed by atoms with E-state index in [4.69, 9.17) is 18.2 Å². The number of aromatic nitrogens is 5. The lowest BCUT2D eigenvalue weighted by Crippen LogP contribution is -2.15. The van der Waals surface area contributed by atoms with Gasteiger partial charge in [-0.05, 0) is 25.1 Å². The summed E-state index contributed by atoms with van der Waals surface area (Å²) in [6.45, 7) is 9.49. The van der Waals surface area contributed by atoms with Crippen molar-refractivity contribution in [2.45, 2.75) is 6.92 Å². The highest BCUT2D eigenvalue weighted by atomic mass is 35.5. The molecule has 0 spiro atoms. The van der Waals surface area contributed by atoms with Gasteiger partial charge in [-0.15, -0.1) is 0 Å². The van der Waals surface area contributed by atoms with Crippen LogP contribution in [0.3, 0.4) is 0 Å². The largest absolute Gasteiger partial charge is 0.296 e. The Morgan fingerprint density at radius 2 is 1.79 bits per heavy atom. The SMILES string of the molecule is [C-]#[N+]c1c(-c2ccccc2Cl)nn2c(=O)c3c(C)[nH]n(-c4ccccc4)c3nc12. The average Bonchev–Trinajstić information content (AvgIpc) is 3.27. The van der Waals surface area contributed by atoms with Crippen LogP contribution in [0.1, 0.15) is 5.69 Å². The predicted octanol–water partition coefficient (Wildman–Crippen LogP) is 4.54. The van der Waals surface area contributed by atoms with Crippen molar-refractivity contribution in [3.05, 3.63) is 87.1 Å². The van der Waals surface area contributed by atoms with Gasteiger partial charge in [0.2, 0.25) is 0 Å². The van der Waals surface area contributed by atoms with E-state index in [9.17, 15) is 4.79 Å². The number of aryl methyl sites for hydroxylation is 1. The number of nitrogens with zero attached hydrogens (tertiary/aromatic N) is 5. The van der Waals surface area contributed by atoms with Crippen LogP contribution in [0, 0.1) is 13.5 Å². The Bertz CT molecular complexity index is 1500. The average molecular weight is 401 g/mol. The van der Waals surface area contributed by atoms with Crippen molar-refractivity contribution < 1.29 is 0 Å². The van der Waals surface area contributed by atoms with E-state index in [-0.39, 0.29) is 16.9 Å². The lowest BCUT2D eigenvalue weighted by molar-refractivity contribution is 0.874. The molecule has 3 aromatic heterocycles. The van der Waals surface area contributed by atoms with Gasteiger partial charge in [-0.25, -0.2) is 14.5 Å². The van der Waals surface area contributed by atoms with E-state index in [1.54, 1.807) is 22.9 Å². The number of hydrogen-bond donors (Lipinski definition) is 1. The Hall–Kier alpha value is -3.89. The summed E-state index contributed by atoms with van der Waals surface area (Å²) in [4.78, 5) is 21.5. The van der Waals surface area contributed by atoms with E-state index in [0.29, 0.717) is 33.0 Å². The minimum Gasteiger partial charge on any atom is -0.296 e. The van der Waals surface area contributed by atoms with Gasteiger partial charge >= 0.3 is 0 Å². The third-order valence-corrected chi connectivity index (χ3v) is 5.13. The van der Waals surface area contributed by atoms with Gasteiger partial charge in [0.1, 0.15) is 11.1 Å². The molecular weight excluding hydrogens is 388 g/mol. The van der Waals surface area contributed by atoms with Crippen molar-refractivity contribution >= 4 is 34.0 Å². The Balaban J connectivity index is 1.91. The number of aromatic amines is 1. The molecule has 8 heteroatoms. The highest BCUT2D eigenvalue weighted by Gasteiger charge is 2.23. The summed E-state index contributed by atoms with van der Waals surface area (Å²) in [6, 6.07) is 16.6. The topological polar surface area (TPSA) is 72.3 Å². The molecule has 5 rings (SSSR count). The molecule has 29 heavy (non-hydrogen) atoms. The zero-order chi connectivity index (χ0) is 20.1. The van der Waals surface area contributed by atoms with E-state index in [1.165, 1.54) is 4.52 Å². The third-order valence-electron chi connectivity index (χ3n) is 4.80. The molecule has 0 aliphatic carbocycles. The molecule has 0 fully saturated rings. The number of H-pyrrole nitrogens is 1. The summed E-state index contributed by atoms with van der Waals surface area (Å²) < 4.78 is 2.92. The molecule has 0 aliphatic rings. The minimum atomic E-state index is -0.336. The first-order chi connectivity index (χ1) is 14.1. The molecule has 0 saturated carbocycles. The second-order valence-corrected chi connectivity index (χ2v) is 6.95. The highest BCUT2D eigenvalue weighted by Crippen LogP contribution is 2.36. The van der Waals surface area contributed by atoms with E-state index in [0.717, 1.165) is 5.69 Å². The van der Waals surface area contributed by atoms with Gasteiger partial charge in [-0.3, -0.25) is 9.89 Å². The van der Waals surface area contributed by atoms with E-state index in [2.05, 4.69) is 20.0 Å². The fraction of sp³-hybridized carbons (Fsp3) is 0.0476. The molecule has 0 unspecified atom stereocenters. The van der Waals surface area contributed by atoms with Crippen molar-refractivity contribution in [1.29, 1.82) is 0 Å². The van der Waals surface area contributed by atoms with Crippen molar-refractivity contribution in [3.8, 4) is 16.9 Å². The van der Waals surface area contributed by atoms with Crippen molar-refractivity contribution in [3.63, 3.8) is 0 Å². The second-order valence-electron chi connectivity index (χ2n) is 6.55. The van der Waals surface area contributed by atoms with Crippen LogP contribution in [-0.2, 0) is 0 Å². The van der Waals surface area contributed by atoms with Crippen molar-refractivity contribution in [2.24, 2.45) is 0 Å². The first kappa shape index (κ1) is 17.2. The van der Waals surface area contributed by atoms with Crippen LogP contribution in [0.25, 0.3) is 38.5 Å². The van der Waals surface area contributed by atoms with Crippen molar-refractivity contribution in [2.75, 3.05) is 0 Å². The Morgan fingerprint density at radius 3 is 2.52 bits per heavy atom. The van der Waals surface area contributed by atoms with Gasteiger partial charge in [-0.1, -0.05) is 48.0 Å². The number of fused-ring (bicyclic) bond motifs is 2. The molecule has 0 saturated heterocycles. The van der Waals surface area contributed by atoms with Crippen LogP contribution in [0.2, 0.25) is 5.02 Å². The fourth-order valence-electron chi connectivity index (χ4n) is 3.47. The summed E-state index contributed by atoms with van der Waals surface area (Å²) in [5.74, 6) is 0. The molecule has 1 N–H and O–H groups in total. The highest BCUT2D eigenvalue weighted by molar-refractivity contribution is 6.33. The molecule has 0 atom stereocenters. The number of benzene rings is 2. The zero-order valence-electron chi connectivity index (χ0n) is 15.2. The molecule has 140 valence electrons. The summed E-state index contributed by atoms with van der Waals surface area (Å²) >= 11 is 6.31. The van der Waals surface area contributed by atoms with Gasteiger partial charge in [-0.2, -0.15) is 9.61 Å². The van der Waals surface area contributed by atoms with Crippen LogP contribution < -0.4 is 5.56 Å². The van der Waals surface area contributed by atoms with Gasteiger partial charge in [0.05, 0.1) is 12.3 Å². The van der Waals surface area contributed by atoms with Gasteiger partial charge < -0.3 is 0 Å². The van der Waals surface area contributed by atoms with Gasteiger partial charge in [0, 0.05) is 16.3 Å². The monoisotopic (exact) mass is 400 g/mol. The Labute approximate surface area is 169 Å². The van der Waals surface area contributed by atoms with Gasteiger partial charge in [0.15, 0.2) is 11.3 Å². The summed E-state index contributed by atoms with van der Waals surface area (Å²) in [5, 5.41) is 8.47. The Morgan fingerprint density at radius 1 is 1.07 bits per heavy atom. The molecular formula is C21H13ClN6O. The van der Waals surface area contributed by atoms with E-state index in [1.807, 2.05) is 43.3 Å². The normalized spacial score (nSPS) is 11.2. The fourth-order valence-corrected chi connectivity index (χ4v) is 3.69. The Kier molecular flexibility index (Phi) is 3.76. The molecule has 5 aromatic rings. The number of para-hydroxylation sites is 1. The van der Waals surface area contributed by atoms with Gasteiger partial charge in [0.25, 0.3) is 11.2 Å². The number of rotatable bonds is 2. The standard InChI is InChI=1S/C21H13ClN6O/c1-12-16-19(27(25-12)13-8-4-3-5-9-13)24-20-18(23-2)17(26-28(20)21(16)29)14-10-6-7-11-15(14)22/h3-11,25H,1H3. The third kappa shape index (κ3) is 2.47. The quantitative estimate of drug-likeness (QED) is 0.442. The van der Waals surface area contributed by atoms with Crippen LogP contribution in [0.5, 0.6) is 0 Å². The predicted molar refractivity (Wildman–Crippen MR) is 112 cm³/mol. The minimum absolute atomic E-state index is 0.190. The van der Waals surface area contributed by atoms with Crippen LogP contribution in [0.15, 0.2) is 59.4 Å². The molecule has 7 nitrogen and oxygen atoms in total. The van der Waals surface area contributed by atoms with E-state index >= 15 is 0 Å². The van der Waals surface area contributed by atoms with E-state index < -0.39 is 0 Å². The maximum Gasteiger partial charge on any atom is 0.284 e. The van der Waals surface area contributed by atoms with Crippen molar-refractivity contribution in [1.82, 2.24) is 24.4 Å². The maximum absolute atomic E-state index is 13.2. The molecule has 3 heterocycles. The number of hydrogen-bond acceptors (Lipinski definition) is 3. The van der Waals surface area contributed by atoms with Crippen LogP contribution >= 0.6 is 11.6 Å². The lowest BCUT2D eigenvalue weighted by atomic mass is 10.1. The molecule has 0 amide bonds. The summed E-state index contributed by atoms with van der Waals surface area (Å²) in [5.41, 5.74) is 2.93. The summed E-state index contributed by atoms with van der Waals surface area (Å²) in [6.07, 6.45) is 0. The zero-order valence-corrected chi connectivity index (χ0v) is 16.0. The van der Waals surface area contributed by atoms with Crippen LogP contribution in [0.4, 0.5) is 5.69 Å². The molecule has 0 radical (unpaired) electrons. The second kappa shape index (κ2) is 6.33. The molecule has 0 bridgehead atoms. The molecule has 2 aromatic carbocycles. The number of halogens is 1. The molecule has 0 aliphatic heterocycles. The first-order valence-electron chi connectivity index (χ1n) is 8.82. The first-order valence-corrected chi connectivity index (χ1v) is 9.20. The van der Waals surface area contributed by atoms with Crippen LogP contribution in [-0.4, -0.2) is 24.4 Å². The number of nitrogens with one attached hydrogen (secondary N) is 1. The smallest absolute Gasteiger partial charge is 0.284 e. The maximum atomic E-state index is 13.2. The summed E-state index contributed by atoms with van der Waals surface area (Å²) in [7, 11) is 0.